The molecule has 0 saturated heterocycles. The molecule has 2 fully saturated rings. The normalized spacial score (nSPS) is 28.8. The Bertz CT molecular complexity index is 488. The maximum absolute atomic E-state index is 10.1. The molecule has 21 heavy (non-hydrogen) atoms. The number of hydrogen-bond donors (Lipinski definition) is 2. The number of aliphatic hydroxyl groups is 1. The van der Waals surface area contributed by atoms with Crippen LogP contribution in [0.3, 0.4) is 0 Å². The monoisotopic (exact) mass is 289 g/mol. The average Bonchev–Trinajstić information content (AvgIpc) is 3.06. The third-order valence-electron chi connectivity index (χ3n) is 5.12. The van der Waals surface area contributed by atoms with E-state index in [-0.39, 0.29) is 0 Å². The predicted molar refractivity (Wildman–Crippen MR) is 84.7 cm³/mol. The van der Waals surface area contributed by atoms with E-state index in [9.17, 15) is 5.11 Å². The van der Waals surface area contributed by atoms with Crippen molar-refractivity contribution in [2.45, 2.75) is 51.7 Å². The van der Waals surface area contributed by atoms with Crippen LogP contribution in [0.4, 0.5) is 0 Å². The first-order valence-corrected chi connectivity index (χ1v) is 8.23. The Labute approximate surface area is 127 Å². The summed E-state index contributed by atoms with van der Waals surface area (Å²) in [6, 6.07) is 6.76. The molecule has 2 saturated carbocycles. The summed E-state index contributed by atoms with van der Waals surface area (Å²) in [5.41, 5.74) is 2.36. The summed E-state index contributed by atoms with van der Waals surface area (Å²) in [5.74, 6) is 2.66. The molecule has 1 aromatic rings. The smallest absolute Gasteiger partial charge is 0.122 e. The third-order valence-corrected chi connectivity index (χ3v) is 5.12. The molecule has 3 rings (SSSR count). The van der Waals surface area contributed by atoms with Crippen LogP contribution in [0, 0.1) is 25.7 Å². The lowest BCUT2D eigenvalue weighted by Gasteiger charge is -2.24. The van der Waals surface area contributed by atoms with E-state index in [1.54, 1.807) is 0 Å². The highest BCUT2D eigenvalue weighted by Gasteiger charge is 2.39. The minimum absolute atomic E-state index is 0.359. The van der Waals surface area contributed by atoms with Gasteiger partial charge < -0.3 is 15.2 Å². The second-order valence-corrected chi connectivity index (χ2v) is 6.92. The quantitative estimate of drug-likeness (QED) is 0.846. The molecule has 116 valence electrons. The molecule has 0 spiro atoms. The number of ether oxygens (including phenoxy) is 1. The van der Waals surface area contributed by atoms with Crippen molar-refractivity contribution in [3.05, 3.63) is 29.3 Å². The Balaban J connectivity index is 1.41. The van der Waals surface area contributed by atoms with E-state index in [0.29, 0.717) is 19.2 Å². The van der Waals surface area contributed by atoms with Gasteiger partial charge in [0.05, 0.1) is 0 Å². The molecule has 4 unspecified atom stereocenters. The fraction of sp³-hybridized carbons (Fsp3) is 0.667. The maximum Gasteiger partial charge on any atom is 0.122 e. The van der Waals surface area contributed by atoms with E-state index in [2.05, 4.69) is 18.3 Å². The number of hydrogen-bond acceptors (Lipinski definition) is 3. The Kier molecular flexibility index (Phi) is 4.51. The molecule has 2 bridgehead atoms. The molecular formula is C18H27NO2. The zero-order chi connectivity index (χ0) is 14.8. The van der Waals surface area contributed by atoms with Crippen LogP contribution in [0.5, 0.6) is 5.75 Å². The first-order valence-electron chi connectivity index (χ1n) is 8.23. The summed E-state index contributed by atoms with van der Waals surface area (Å²) >= 11 is 0. The van der Waals surface area contributed by atoms with E-state index < -0.39 is 6.10 Å². The Morgan fingerprint density at radius 3 is 2.81 bits per heavy atom. The number of fused-ring (bicyclic) bond motifs is 2. The van der Waals surface area contributed by atoms with E-state index >= 15 is 0 Å². The maximum atomic E-state index is 10.1. The fourth-order valence-electron chi connectivity index (χ4n) is 3.99. The van der Waals surface area contributed by atoms with Gasteiger partial charge in [0.2, 0.25) is 0 Å². The van der Waals surface area contributed by atoms with Gasteiger partial charge in [-0.1, -0.05) is 24.1 Å². The molecule has 2 aliphatic rings. The van der Waals surface area contributed by atoms with Crippen LogP contribution in [0.2, 0.25) is 0 Å². The summed E-state index contributed by atoms with van der Waals surface area (Å²) in [6.07, 6.45) is 5.05. The molecule has 3 nitrogen and oxygen atoms in total. The molecule has 2 N–H and O–H groups in total. The highest BCUT2D eigenvalue weighted by molar-refractivity contribution is 5.35. The molecular weight excluding hydrogens is 262 g/mol. The summed E-state index contributed by atoms with van der Waals surface area (Å²) in [6.45, 7) is 5.11. The van der Waals surface area contributed by atoms with Crippen molar-refractivity contribution in [1.29, 1.82) is 0 Å². The lowest BCUT2D eigenvalue weighted by Crippen LogP contribution is -2.40. The number of benzene rings is 1. The van der Waals surface area contributed by atoms with Crippen molar-refractivity contribution in [3.8, 4) is 5.75 Å². The topological polar surface area (TPSA) is 41.5 Å². The number of aryl methyl sites for hydroxylation is 2. The minimum Gasteiger partial charge on any atom is -0.491 e. The molecule has 3 heteroatoms. The molecule has 0 radical (unpaired) electrons. The SMILES string of the molecule is Cc1ccc(OCC(O)CNC2CC3CCC2C3)c(C)c1. The summed E-state index contributed by atoms with van der Waals surface area (Å²) < 4.78 is 5.74. The molecule has 0 heterocycles. The van der Waals surface area contributed by atoms with Crippen LogP contribution in [-0.4, -0.2) is 30.4 Å². The predicted octanol–water partition coefficient (Wildman–Crippen LogP) is 2.82. The van der Waals surface area contributed by atoms with Crippen molar-refractivity contribution in [2.75, 3.05) is 13.2 Å². The summed E-state index contributed by atoms with van der Waals surface area (Å²) in [7, 11) is 0. The summed E-state index contributed by atoms with van der Waals surface area (Å²) in [5, 5.41) is 13.6. The second-order valence-electron chi connectivity index (χ2n) is 6.92. The highest BCUT2D eigenvalue weighted by Crippen LogP contribution is 2.44. The second kappa shape index (κ2) is 6.37. The van der Waals surface area contributed by atoms with Gasteiger partial charge in [-0.25, -0.2) is 0 Å². The van der Waals surface area contributed by atoms with Crippen molar-refractivity contribution in [1.82, 2.24) is 5.32 Å². The Hall–Kier alpha value is -1.06. The van der Waals surface area contributed by atoms with Gasteiger partial charge in [-0.2, -0.15) is 0 Å². The van der Waals surface area contributed by atoms with Gasteiger partial charge in [0.15, 0.2) is 0 Å². The van der Waals surface area contributed by atoms with Gasteiger partial charge >= 0.3 is 0 Å². The zero-order valence-electron chi connectivity index (χ0n) is 13.1. The molecule has 0 amide bonds. The fourth-order valence-corrected chi connectivity index (χ4v) is 3.99. The van der Waals surface area contributed by atoms with E-state index in [1.165, 1.54) is 31.2 Å². The van der Waals surface area contributed by atoms with Gasteiger partial charge in [0, 0.05) is 12.6 Å². The Morgan fingerprint density at radius 2 is 2.14 bits per heavy atom. The lowest BCUT2D eigenvalue weighted by molar-refractivity contribution is 0.100. The van der Waals surface area contributed by atoms with Gasteiger partial charge in [-0.05, 0) is 56.6 Å². The van der Waals surface area contributed by atoms with Crippen LogP contribution < -0.4 is 10.1 Å². The van der Waals surface area contributed by atoms with Gasteiger partial charge in [-0.3, -0.25) is 0 Å². The third kappa shape index (κ3) is 3.58. The first-order chi connectivity index (χ1) is 10.1. The Morgan fingerprint density at radius 1 is 1.29 bits per heavy atom. The molecule has 1 aromatic carbocycles. The first kappa shape index (κ1) is 14.9. The van der Waals surface area contributed by atoms with E-state index in [1.807, 2.05) is 19.1 Å². The van der Waals surface area contributed by atoms with Gasteiger partial charge in [-0.15, -0.1) is 0 Å². The summed E-state index contributed by atoms with van der Waals surface area (Å²) in [4.78, 5) is 0. The van der Waals surface area contributed by atoms with Crippen molar-refractivity contribution < 1.29 is 9.84 Å². The standard InChI is InChI=1S/C18H27NO2/c1-12-3-6-18(13(2)7-12)21-11-16(20)10-19-17-9-14-4-5-15(17)8-14/h3,6-7,14-17,19-20H,4-5,8-11H2,1-2H3. The number of nitrogens with one attached hydrogen (secondary N) is 1. The highest BCUT2D eigenvalue weighted by atomic mass is 16.5. The lowest BCUT2D eigenvalue weighted by atomic mass is 9.95. The zero-order valence-corrected chi connectivity index (χ0v) is 13.1. The van der Waals surface area contributed by atoms with Crippen LogP contribution >= 0.6 is 0 Å². The van der Waals surface area contributed by atoms with Crippen molar-refractivity contribution in [2.24, 2.45) is 11.8 Å². The van der Waals surface area contributed by atoms with Crippen molar-refractivity contribution >= 4 is 0 Å². The van der Waals surface area contributed by atoms with Gasteiger partial charge in [0.25, 0.3) is 0 Å². The van der Waals surface area contributed by atoms with Crippen LogP contribution in [-0.2, 0) is 0 Å². The van der Waals surface area contributed by atoms with Crippen LogP contribution in [0.1, 0.15) is 36.8 Å². The molecule has 0 aromatic heterocycles. The number of aliphatic hydroxyl groups excluding tert-OH is 1. The molecule has 4 atom stereocenters. The van der Waals surface area contributed by atoms with Gasteiger partial charge in [0.1, 0.15) is 18.5 Å². The number of rotatable bonds is 6. The van der Waals surface area contributed by atoms with E-state index in [4.69, 9.17) is 4.74 Å². The van der Waals surface area contributed by atoms with Crippen molar-refractivity contribution in [3.63, 3.8) is 0 Å². The minimum atomic E-state index is -0.440. The van der Waals surface area contributed by atoms with Crippen LogP contribution in [0.25, 0.3) is 0 Å². The van der Waals surface area contributed by atoms with Crippen LogP contribution in [0.15, 0.2) is 18.2 Å². The van der Waals surface area contributed by atoms with E-state index in [0.717, 1.165) is 23.1 Å². The largest absolute Gasteiger partial charge is 0.491 e. The molecule has 0 aliphatic heterocycles. The molecule has 2 aliphatic carbocycles. The average molecular weight is 289 g/mol.